The lowest BCUT2D eigenvalue weighted by Gasteiger charge is -2.36. The largest absolute Gasteiger partial charge is 0.491 e. The molecule has 1 aliphatic rings. The number of fused-ring (bicyclic) bond motifs is 5. The van der Waals surface area contributed by atoms with Crippen molar-refractivity contribution in [1.29, 1.82) is 0 Å². The van der Waals surface area contributed by atoms with Crippen LogP contribution in [0.1, 0.15) is 22.3 Å². The van der Waals surface area contributed by atoms with E-state index in [1.807, 2.05) is 12.1 Å². The lowest BCUT2D eigenvalue weighted by Crippen LogP contribution is -2.29. The van der Waals surface area contributed by atoms with Gasteiger partial charge in [0, 0.05) is 10.8 Å². The van der Waals surface area contributed by atoms with Crippen LogP contribution in [0.4, 0.5) is 0 Å². The Balaban J connectivity index is 1.49. The van der Waals surface area contributed by atoms with Crippen LogP contribution in [0.5, 0.6) is 11.5 Å². The molecule has 0 amide bonds. The summed E-state index contributed by atoms with van der Waals surface area (Å²) in [5.41, 5.74) is 11.3. The van der Waals surface area contributed by atoms with Crippen LogP contribution < -0.4 is 9.47 Å². The first kappa shape index (κ1) is 31.7. The van der Waals surface area contributed by atoms with E-state index in [4.69, 9.17) is 9.47 Å². The van der Waals surface area contributed by atoms with Gasteiger partial charge in [0.25, 0.3) is 0 Å². The molecule has 0 bridgehead atoms. The van der Waals surface area contributed by atoms with Crippen molar-refractivity contribution in [3.05, 3.63) is 165 Å². The molecule has 0 saturated carbocycles. The predicted octanol–water partition coefficient (Wildman–Crippen LogP) is 10.6. The summed E-state index contributed by atoms with van der Waals surface area (Å²) in [5, 5.41) is 32.3. The molecule has 9 rings (SSSR count). The zero-order valence-corrected chi connectivity index (χ0v) is 29.3. The number of ether oxygens (including phenoxy) is 2. The van der Waals surface area contributed by atoms with E-state index in [-0.39, 0.29) is 26.4 Å². The molecule has 0 unspecified atom stereocenters. The third kappa shape index (κ3) is 4.94. The summed E-state index contributed by atoms with van der Waals surface area (Å²) < 4.78 is 12.3. The Morgan fingerprint density at radius 2 is 0.902 bits per heavy atom. The first-order valence-corrected chi connectivity index (χ1v) is 19.0. The minimum absolute atomic E-state index is 0.0613. The first-order chi connectivity index (χ1) is 25.3. The molecule has 6 heteroatoms. The van der Waals surface area contributed by atoms with E-state index >= 15 is 0 Å². The monoisotopic (exact) mass is 702 g/mol. The van der Waals surface area contributed by atoms with Crippen LogP contribution in [-0.4, -0.2) is 36.6 Å². The molecule has 1 aliphatic carbocycles. The van der Waals surface area contributed by atoms with E-state index in [1.54, 1.807) is 22.7 Å². The van der Waals surface area contributed by atoms with Gasteiger partial charge in [0.15, 0.2) is 0 Å². The Morgan fingerprint density at radius 1 is 0.451 bits per heavy atom. The molecule has 0 fully saturated rings. The Kier molecular flexibility index (Phi) is 8.17. The molecule has 0 radical (unpaired) electrons. The van der Waals surface area contributed by atoms with Crippen molar-refractivity contribution < 1.29 is 19.7 Å². The molecule has 2 aromatic heterocycles. The smallest absolute Gasteiger partial charge is 0.127 e. The Hall–Kier alpha value is -5.24. The van der Waals surface area contributed by atoms with Crippen LogP contribution in [0.3, 0.4) is 0 Å². The van der Waals surface area contributed by atoms with Crippen molar-refractivity contribution in [2.75, 3.05) is 26.4 Å². The minimum Gasteiger partial charge on any atom is -0.491 e. The molecule has 8 aromatic rings. The summed E-state index contributed by atoms with van der Waals surface area (Å²) in [6, 6.07) is 43.5. The molecule has 0 aliphatic heterocycles. The van der Waals surface area contributed by atoms with Gasteiger partial charge in [0.1, 0.15) is 24.7 Å². The van der Waals surface area contributed by atoms with Gasteiger partial charge >= 0.3 is 0 Å². The Morgan fingerprint density at radius 3 is 1.31 bits per heavy atom. The zero-order chi connectivity index (χ0) is 34.4. The maximum Gasteiger partial charge on any atom is 0.127 e. The van der Waals surface area contributed by atoms with Crippen LogP contribution >= 0.6 is 22.7 Å². The van der Waals surface area contributed by atoms with Crippen LogP contribution in [-0.2, 0) is 5.41 Å². The summed E-state index contributed by atoms with van der Waals surface area (Å²) >= 11 is 3.43. The van der Waals surface area contributed by atoms with Gasteiger partial charge in [-0.1, -0.05) is 97.1 Å². The molecular formula is C45H34O4S2. The number of hydrogen-bond donors (Lipinski definition) is 2. The number of thiophene rings is 2. The highest BCUT2D eigenvalue weighted by Crippen LogP contribution is 2.62. The van der Waals surface area contributed by atoms with Crippen LogP contribution in [0.15, 0.2) is 143 Å². The average molecular weight is 703 g/mol. The van der Waals surface area contributed by atoms with Crippen molar-refractivity contribution >= 4 is 44.2 Å². The Bertz CT molecular complexity index is 2340. The van der Waals surface area contributed by atoms with Crippen LogP contribution in [0.2, 0.25) is 0 Å². The summed E-state index contributed by atoms with van der Waals surface area (Å²) in [4.78, 5) is 0. The third-order valence-corrected chi connectivity index (χ3v) is 11.5. The number of benzene rings is 6. The highest BCUT2D eigenvalue weighted by atomic mass is 32.1. The summed E-state index contributed by atoms with van der Waals surface area (Å²) in [5.74, 6) is 1.49. The summed E-state index contributed by atoms with van der Waals surface area (Å²) in [6.45, 7) is 0.310. The molecular weight excluding hydrogens is 669 g/mol. The average Bonchev–Trinajstić information content (AvgIpc) is 3.97. The topological polar surface area (TPSA) is 58.9 Å². The van der Waals surface area contributed by atoms with Crippen molar-refractivity contribution in [3.63, 3.8) is 0 Å². The van der Waals surface area contributed by atoms with Crippen molar-refractivity contribution in [2.45, 2.75) is 5.41 Å². The zero-order valence-electron chi connectivity index (χ0n) is 27.7. The number of aliphatic hydroxyl groups excluding tert-OH is 2. The van der Waals surface area contributed by atoms with Gasteiger partial charge in [0.2, 0.25) is 0 Å². The molecule has 51 heavy (non-hydrogen) atoms. The quantitative estimate of drug-likeness (QED) is 0.149. The first-order valence-electron chi connectivity index (χ1n) is 17.1. The van der Waals surface area contributed by atoms with Gasteiger partial charge in [0.05, 0.1) is 18.6 Å². The van der Waals surface area contributed by atoms with Crippen molar-refractivity contribution in [3.8, 4) is 44.9 Å². The van der Waals surface area contributed by atoms with Gasteiger partial charge in [-0.15, -0.1) is 0 Å². The van der Waals surface area contributed by atoms with E-state index in [0.717, 1.165) is 44.2 Å². The van der Waals surface area contributed by atoms with Gasteiger partial charge in [-0.05, 0) is 112 Å². The summed E-state index contributed by atoms with van der Waals surface area (Å²) in [7, 11) is 0. The Labute approximate surface area is 304 Å². The second-order valence-electron chi connectivity index (χ2n) is 12.7. The van der Waals surface area contributed by atoms with Gasteiger partial charge in [-0.2, -0.15) is 22.7 Å². The van der Waals surface area contributed by atoms with Gasteiger partial charge < -0.3 is 19.7 Å². The highest BCUT2D eigenvalue weighted by Gasteiger charge is 2.49. The van der Waals surface area contributed by atoms with Gasteiger partial charge in [-0.3, -0.25) is 0 Å². The fourth-order valence-electron chi connectivity index (χ4n) is 8.22. The number of aliphatic hydroxyl groups is 2. The lowest BCUT2D eigenvalue weighted by molar-refractivity contribution is 0.203. The van der Waals surface area contributed by atoms with Crippen molar-refractivity contribution in [1.82, 2.24) is 0 Å². The lowest BCUT2D eigenvalue weighted by atomic mass is 9.65. The molecule has 0 spiro atoms. The van der Waals surface area contributed by atoms with E-state index < -0.39 is 5.41 Å². The maximum atomic E-state index is 9.67. The molecule has 6 aromatic carbocycles. The minimum atomic E-state index is -0.757. The van der Waals surface area contributed by atoms with Crippen LogP contribution in [0.25, 0.3) is 54.9 Å². The molecule has 4 nitrogen and oxygen atoms in total. The molecule has 0 atom stereocenters. The molecule has 2 N–H and O–H groups in total. The standard InChI is InChI=1S/C45H34O4S2/c46-21-23-48-41-17-15-37(33-7-1-3-9-35(33)41)45(38-16-18-42(49-24-22-47)36-10-4-2-8-34(36)38)39-13-5-11-31(29-19-25-50-27-29)43(39)44-32(12-6-14-40(44)45)30-20-26-51-28-30/h1-20,25-28,46-47H,21-24H2. The van der Waals surface area contributed by atoms with Gasteiger partial charge in [-0.25, -0.2) is 0 Å². The third-order valence-electron chi connectivity index (χ3n) is 10.1. The SMILES string of the molecule is OCCOc1ccc(C2(c3ccc(OCCO)c4ccccc34)c3cccc(-c4ccsc4)c3-c3c(-c4ccsc4)cccc32)c2ccccc12. The second kappa shape index (κ2) is 13.1. The van der Waals surface area contributed by atoms with E-state index in [0.29, 0.717) is 0 Å². The normalized spacial score (nSPS) is 13.0. The molecule has 2 heterocycles. The number of rotatable bonds is 10. The van der Waals surface area contributed by atoms with E-state index in [9.17, 15) is 10.2 Å². The second-order valence-corrected chi connectivity index (χ2v) is 14.2. The fraction of sp³-hybridized carbons (Fsp3) is 0.111. The maximum absolute atomic E-state index is 9.67. The van der Waals surface area contributed by atoms with E-state index in [1.165, 1.54) is 44.5 Å². The number of hydrogen-bond acceptors (Lipinski definition) is 6. The molecule has 250 valence electrons. The van der Waals surface area contributed by atoms with Crippen LogP contribution in [0, 0.1) is 0 Å². The van der Waals surface area contributed by atoms with E-state index in [2.05, 4.69) is 131 Å². The highest BCUT2D eigenvalue weighted by molar-refractivity contribution is 7.08. The molecule has 0 saturated heterocycles. The van der Waals surface area contributed by atoms with Crippen molar-refractivity contribution in [2.24, 2.45) is 0 Å². The predicted molar refractivity (Wildman–Crippen MR) is 211 cm³/mol. The fourth-order valence-corrected chi connectivity index (χ4v) is 9.53. The summed E-state index contributed by atoms with van der Waals surface area (Å²) in [6.07, 6.45) is 0.